The molecule has 0 unspecified atom stereocenters. The second-order valence-electron chi connectivity index (χ2n) is 5.75. The molecule has 0 aliphatic rings. The van der Waals surface area contributed by atoms with Gasteiger partial charge in [0.1, 0.15) is 5.75 Å². The van der Waals surface area contributed by atoms with Crippen molar-refractivity contribution < 1.29 is 17.9 Å². The van der Waals surface area contributed by atoms with Crippen LogP contribution in [0.25, 0.3) is 11.3 Å². The molecule has 0 atom stereocenters. The van der Waals surface area contributed by atoms with E-state index in [0.29, 0.717) is 17.1 Å². The highest BCUT2D eigenvalue weighted by Crippen LogP contribution is 2.31. The molecule has 0 spiro atoms. The Labute approximate surface area is 164 Å². The predicted molar refractivity (Wildman–Crippen MR) is 105 cm³/mol. The number of methoxy groups -OCH3 is 1. The van der Waals surface area contributed by atoms with Crippen LogP contribution in [0, 0.1) is 0 Å². The van der Waals surface area contributed by atoms with Crippen LogP contribution in [-0.4, -0.2) is 24.5 Å². The Balaban J connectivity index is 2.08. The lowest BCUT2D eigenvalue weighted by molar-refractivity contribution is -0.137. The Morgan fingerprint density at radius 3 is 2.46 bits per heavy atom. The van der Waals surface area contributed by atoms with Crippen molar-refractivity contribution in [2.24, 2.45) is 10.1 Å². The van der Waals surface area contributed by atoms with Crippen molar-refractivity contribution in [3.63, 3.8) is 0 Å². The van der Waals surface area contributed by atoms with Crippen LogP contribution in [0.4, 0.5) is 13.2 Å². The lowest BCUT2D eigenvalue weighted by Gasteiger charge is -2.09. The molecule has 0 saturated carbocycles. The Morgan fingerprint density at radius 1 is 1.11 bits per heavy atom. The molecule has 8 heteroatoms. The molecular weight excluding hydrogens is 387 g/mol. The first kappa shape index (κ1) is 19.9. The first-order valence-corrected chi connectivity index (χ1v) is 9.38. The number of ether oxygens (including phenoxy) is 1. The summed E-state index contributed by atoms with van der Waals surface area (Å²) in [5.74, 6) is 0.714. The van der Waals surface area contributed by atoms with Gasteiger partial charge < -0.3 is 4.74 Å². The number of alkyl halides is 3. The fraction of sp³-hybridized carbons (Fsp3) is 0.200. The summed E-state index contributed by atoms with van der Waals surface area (Å²) in [6.07, 6.45) is -3.23. The second-order valence-corrected chi connectivity index (χ2v) is 6.58. The maximum atomic E-state index is 13.2. The van der Waals surface area contributed by atoms with Crippen molar-refractivity contribution >= 4 is 17.6 Å². The predicted octanol–water partition coefficient (Wildman–Crippen LogP) is 5.05. The van der Waals surface area contributed by atoms with Gasteiger partial charge in [-0.15, -0.1) is 11.3 Å². The third-order valence-corrected chi connectivity index (χ3v) is 4.80. The zero-order valence-corrected chi connectivity index (χ0v) is 16.1. The summed E-state index contributed by atoms with van der Waals surface area (Å²) in [7, 11) is 1.58. The molecule has 3 rings (SSSR count). The molecule has 0 bridgehead atoms. The average molecular weight is 405 g/mol. The summed E-state index contributed by atoms with van der Waals surface area (Å²) < 4.78 is 46.4. The van der Waals surface area contributed by atoms with Crippen LogP contribution in [0.2, 0.25) is 0 Å². The smallest absolute Gasteiger partial charge is 0.417 e. The molecule has 4 nitrogen and oxygen atoms in total. The zero-order chi connectivity index (χ0) is 20.1. The van der Waals surface area contributed by atoms with Gasteiger partial charge in [-0.1, -0.05) is 18.2 Å². The van der Waals surface area contributed by atoms with E-state index in [9.17, 15) is 13.2 Å². The lowest BCUT2D eigenvalue weighted by Crippen LogP contribution is -2.13. The van der Waals surface area contributed by atoms with Gasteiger partial charge in [0.05, 0.1) is 24.6 Å². The van der Waals surface area contributed by atoms with Crippen LogP contribution < -0.4 is 9.54 Å². The molecule has 0 fully saturated rings. The van der Waals surface area contributed by atoms with Crippen LogP contribution in [-0.2, 0) is 6.18 Å². The maximum absolute atomic E-state index is 13.2. The van der Waals surface area contributed by atoms with E-state index >= 15 is 0 Å². The SMILES string of the molecule is CCN=c1scc(-c2ccc(OC)cc2)n1/N=C\c1ccccc1C(F)(F)F. The molecule has 0 saturated heterocycles. The molecule has 3 aromatic rings. The van der Waals surface area contributed by atoms with E-state index in [-0.39, 0.29) is 5.56 Å². The first-order chi connectivity index (χ1) is 13.4. The molecule has 0 aliphatic carbocycles. The Hall–Kier alpha value is -2.87. The van der Waals surface area contributed by atoms with Gasteiger partial charge in [0.2, 0.25) is 4.80 Å². The van der Waals surface area contributed by atoms with Crippen LogP contribution in [0.15, 0.2) is 64.0 Å². The number of rotatable bonds is 5. The maximum Gasteiger partial charge on any atom is 0.417 e. The number of aromatic nitrogens is 1. The van der Waals surface area contributed by atoms with E-state index in [2.05, 4.69) is 10.1 Å². The third-order valence-electron chi connectivity index (χ3n) is 3.94. The summed E-state index contributed by atoms with van der Waals surface area (Å²) in [6, 6.07) is 12.7. The normalized spacial score (nSPS) is 12.7. The minimum Gasteiger partial charge on any atom is -0.497 e. The number of benzene rings is 2. The topological polar surface area (TPSA) is 38.9 Å². The molecule has 0 aliphatic heterocycles. The zero-order valence-electron chi connectivity index (χ0n) is 15.3. The van der Waals surface area contributed by atoms with Crippen molar-refractivity contribution in [2.45, 2.75) is 13.1 Å². The highest BCUT2D eigenvalue weighted by Gasteiger charge is 2.32. The largest absolute Gasteiger partial charge is 0.497 e. The van der Waals surface area contributed by atoms with E-state index in [1.807, 2.05) is 36.6 Å². The minimum atomic E-state index is -4.45. The first-order valence-electron chi connectivity index (χ1n) is 8.50. The van der Waals surface area contributed by atoms with Gasteiger partial charge in [0.25, 0.3) is 0 Å². The van der Waals surface area contributed by atoms with Gasteiger partial charge in [-0.25, -0.2) is 4.68 Å². The third kappa shape index (κ3) is 4.33. The van der Waals surface area contributed by atoms with Crippen molar-refractivity contribution in [1.82, 2.24) is 4.68 Å². The molecule has 28 heavy (non-hydrogen) atoms. The summed E-state index contributed by atoms with van der Waals surface area (Å²) in [4.78, 5) is 5.00. The molecule has 2 aromatic carbocycles. The van der Waals surface area contributed by atoms with Crippen molar-refractivity contribution in [1.29, 1.82) is 0 Å². The minimum absolute atomic E-state index is 0.00294. The second kappa shape index (κ2) is 8.43. The Morgan fingerprint density at radius 2 is 1.82 bits per heavy atom. The van der Waals surface area contributed by atoms with Crippen LogP contribution in [0.1, 0.15) is 18.1 Å². The van der Waals surface area contributed by atoms with E-state index < -0.39 is 11.7 Å². The standard InChI is InChI=1S/C20H18F3N3OS/c1-3-24-19-26(18(13-28-19)14-8-10-16(27-2)11-9-14)25-12-15-6-4-5-7-17(15)20(21,22)23/h4-13H,3H2,1-2H3/b24-19?,25-12-. The van der Waals surface area contributed by atoms with Gasteiger partial charge in [0, 0.05) is 23.1 Å². The number of hydrogen-bond donors (Lipinski definition) is 0. The highest BCUT2D eigenvalue weighted by atomic mass is 32.1. The summed E-state index contributed by atoms with van der Waals surface area (Å²) in [5.41, 5.74) is 0.864. The van der Waals surface area contributed by atoms with E-state index in [1.165, 1.54) is 29.7 Å². The van der Waals surface area contributed by atoms with Crippen LogP contribution in [0.3, 0.4) is 0 Å². The van der Waals surface area contributed by atoms with Gasteiger partial charge >= 0.3 is 6.18 Å². The fourth-order valence-corrected chi connectivity index (χ4v) is 3.50. The summed E-state index contributed by atoms with van der Waals surface area (Å²) in [6.45, 7) is 2.43. The Kier molecular flexibility index (Phi) is 5.99. The van der Waals surface area contributed by atoms with Gasteiger partial charge in [-0.2, -0.15) is 18.3 Å². The number of halogens is 3. The molecule has 0 amide bonds. The average Bonchev–Trinajstić information content (AvgIpc) is 3.09. The van der Waals surface area contributed by atoms with Crippen molar-refractivity contribution in [3.8, 4) is 17.0 Å². The fourth-order valence-electron chi connectivity index (χ4n) is 2.60. The van der Waals surface area contributed by atoms with E-state index in [4.69, 9.17) is 4.74 Å². The van der Waals surface area contributed by atoms with Gasteiger partial charge in [-0.05, 0) is 37.3 Å². The Bertz CT molecular complexity index is 1030. The lowest BCUT2D eigenvalue weighted by atomic mass is 10.1. The highest BCUT2D eigenvalue weighted by molar-refractivity contribution is 7.07. The monoisotopic (exact) mass is 405 g/mol. The molecule has 1 heterocycles. The van der Waals surface area contributed by atoms with Crippen LogP contribution >= 0.6 is 11.3 Å². The molecule has 146 valence electrons. The van der Waals surface area contributed by atoms with Crippen molar-refractivity contribution in [3.05, 3.63) is 69.8 Å². The summed E-state index contributed by atoms with van der Waals surface area (Å²) >= 11 is 1.38. The van der Waals surface area contributed by atoms with Gasteiger partial charge in [-0.3, -0.25) is 4.99 Å². The molecule has 0 radical (unpaired) electrons. The van der Waals surface area contributed by atoms with Crippen LogP contribution in [0.5, 0.6) is 5.75 Å². The quantitative estimate of drug-likeness (QED) is 0.548. The molecular formula is C20H18F3N3OS. The molecule has 0 N–H and O–H groups in total. The van der Waals surface area contributed by atoms with Gasteiger partial charge in [0.15, 0.2) is 0 Å². The van der Waals surface area contributed by atoms with E-state index in [0.717, 1.165) is 17.3 Å². The number of thiazole rings is 1. The molecule has 1 aromatic heterocycles. The van der Waals surface area contributed by atoms with E-state index in [1.54, 1.807) is 17.9 Å². The summed E-state index contributed by atoms with van der Waals surface area (Å²) in [5, 5.41) is 6.20. The number of hydrogen-bond acceptors (Lipinski definition) is 4. The number of nitrogens with zero attached hydrogens (tertiary/aromatic N) is 3. The van der Waals surface area contributed by atoms with Crippen molar-refractivity contribution in [2.75, 3.05) is 13.7 Å².